The van der Waals surface area contributed by atoms with Crippen LogP contribution >= 0.6 is 0 Å². The van der Waals surface area contributed by atoms with Crippen LogP contribution in [0.4, 0.5) is 5.69 Å². The molecule has 36 heavy (non-hydrogen) atoms. The van der Waals surface area contributed by atoms with Gasteiger partial charge in [-0.2, -0.15) is 0 Å². The van der Waals surface area contributed by atoms with E-state index in [1.54, 1.807) is 56.4 Å². The average molecular weight is 491 g/mol. The number of carbonyl (C=O) groups excluding carboxylic acids is 2. The van der Waals surface area contributed by atoms with Crippen LogP contribution in [-0.4, -0.2) is 50.7 Å². The van der Waals surface area contributed by atoms with Crippen molar-refractivity contribution in [3.05, 3.63) is 77.4 Å². The highest BCUT2D eigenvalue weighted by atomic mass is 16.5. The molecule has 0 spiro atoms. The Balaban J connectivity index is 1.49. The molecule has 0 radical (unpaired) electrons. The lowest BCUT2D eigenvalue weighted by atomic mass is 10.1. The fourth-order valence-corrected chi connectivity index (χ4v) is 4.10. The molecule has 0 aliphatic carbocycles. The van der Waals surface area contributed by atoms with E-state index in [1.165, 1.54) is 7.11 Å². The van der Waals surface area contributed by atoms with Gasteiger partial charge in [-0.15, -0.1) is 0 Å². The Morgan fingerprint density at radius 2 is 1.72 bits per heavy atom. The number of anilines is 1. The van der Waals surface area contributed by atoms with Gasteiger partial charge in [0.05, 0.1) is 21.3 Å². The van der Waals surface area contributed by atoms with Crippen molar-refractivity contribution in [2.45, 2.75) is 26.0 Å². The molecule has 1 N–H and O–H groups in total. The second kappa shape index (κ2) is 11.0. The van der Waals surface area contributed by atoms with Gasteiger partial charge in [-0.25, -0.2) is 0 Å². The van der Waals surface area contributed by atoms with Gasteiger partial charge in [0.2, 0.25) is 0 Å². The van der Waals surface area contributed by atoms with Gasteiger partial charge in [0.1, 0.15) is 11.5 Å². The Morgan fingerprint density at radius 1 is 0.972 bits per heavy atom. The van der Waals surface area contributed by atoms with Crippen LogP contribution in [0.3, 0.4) is 0 Å². The second-order valence-electron chi connectivity index (χ2n) is 8.46. The molecule has 8 nitrogen and oxygen atoms in total. The largest absolute Gasteiger partial charge is 0.497 e. The highest BCUT2D eigenvalue weighted by Gasteiger charge is 2.28. The number of hydrogen-bond donors (Lipinski definition) is 1. The molecule has 2 amide bonds. The molecular formula is C28H30N2O6. The third kappa shape index (κ3) is 5.54. The zero-order valence-corrected chi connectivity index (χ0v) is 20.9. The maximum absolute atomic E-state index is 13.0. The van der Waals surface area contributed by atoms with Gasteiger partial charge < -0.3 is 29.2 Å². The van der Waals surface area contributed by atoms with Crippen molar-refractivity contribution in [1.82, 2.24) is 4.90 Å². The summed E-state index contributed by atoms with van der Waals surface area (Å²) in [5, 5.41) is 2.92. The number of methoxy groups -OCH3 is 3. The van der Waals surface area contributed by atoms with Crippen LogP contribution in [0, 0.1) is 0 Å². The summed E-state index contributed by atoms with van der Waals surface area (Å²) in [5.41, 5.74) is 2.98. The number of amides is 2. The first-order valence-electron chi connectivity index (χ1n) is 11.7. The summed E-state index contributed by atoms with van der Waals surface area (Å²) in [5.74, 6) is 2.09. The van der Waals surface area contributed by atoms with Crippen LogP contribution in [0.15, 0.2) is 60.7 Å². The van der Waals surface area contributed by atoms with Crippen molar-refractivity contribution in [3.63, 3.8) is 0 Å². The Morgan fingerprint density at radius 3 is 2.42 bits per heavy atom. The Labute approximate surface area is 210 Å². The smallest absolute Gasteiger partial charge is 0.263 e. The third-order valence-corrected chi connectivity index (χ3v) is 6.12. The van der Waals surface area contributed by atoms with E-state index in [1.807, 2.05) is 30.3 Å². The molecule has 0 saturated heterocycles. The number of nitrogens with zero attached hydrogens (tertiary/aromatic N) is 1. The van der Waals surface area contributed by atoms with E-state index < -0.39 is 6.10 Å². The van der Waals surface area contributed by atoms with Crippen LogP contribution in [0.2, 0.25) is 0 Å². The molecule has 0 aromatic heterocycles. The van der Waals surface area contributed by atoms with Gasteiger partial charge in [-0.05, 0) is 67.4 Å². The van der Waals surface area contributed by atoms with E-state index in [9.17, 15) is 9.59 Å². The molecule has 188 valence electrons. The van der Waals surface area contributed by atoms with Crippen molar-refractivity contribution >= 4 is 17.5 Å². The summed E-state index contributed by atoms with van der Waals surface area (Å²) >= 11 is 0. The van der Waals surface area contributed by atoms with Crippen molar-refractivity contribution in [2.75, 3.05) is 33.2 Å². The zero-order valence-electron chi connectivity index (χ0n) is 20.9. The van der Waals surface area contributed by atoms with Crippen molar-refractivity contribution in [3.8, 4) is 23.0 Å². The maximum Gasteiger partial charge on any atom is 0.263 e. The van der Waals surface area contributed by atoms with Gasteiger partial charge in [0, 0.05) is 29.9 Å². The van der Waals surface area contributed by atoms with Crippen LogP contribution in [0.5, 0.6) is 23.0 Å². The number of rotatable bonds is 8. The van der Waals surface area contributed by atoms with Gasteiger partial charge in [-0.3, -0.25) is 9.59 Å². The van der Waals surface area contributed by atoms with Gasteiger partial charge >= 0.3 is 0 Å². The van der Waals surface area contributed by atoms with E-state index in [-0.39, 0.29) is 11.8 Å². The average Bonchev–Trinajstić information content (AvgIpc) is 3.02. The molecule has 4 rings (SSSR count). The number of carbonyl (C=O) groups is 2. The zero-order chi connectivity index (χ0) is 25.7. The minimum absolute atomic E-state index is 0.0735. The van der Waals surface area contributed by atoms with Crippen LogP contribution in [-0.2, 0) is 17.8 Å². The van der Waals surface area contributed by atoms with Gasteiger partial charge in [0.15, 0.2) is 17.6 Å². The molecule has 1 unspecified atom stereocenters. The molecule has 0 saturated carbocycles. The second-order valence-corrected chi connectivity index (χ2v) is 8.46. The highest BCUT2D eigenvalue weighted by molar-refractivity contribution is 6.04. The Bertz CT molecular complexity index is 1240. The normalized spacial score (nSPS) is 14.8. The molecule has 8 heteroatoms. The molecule has 0 bridgehead atoms. The molecule has 1 aliphatic rings. The van der Waals surface area contributed by atoms with Crippen LogP contribution < -0.4 is 24.3 Å². The van der Waals surface area contributed by atoms with E-state index in [0.29, 0.717) is 48.0 Å². The van der Waals surface area contributed by atoms with E-state index >= 15 is 0 Å². The SMILES string of the molecule is COc1ccc(CCN2Cc3cc(NC(=O)c4ccc(OC)c(OC)c4)ccc3OC(C)C2=O)cc1. The monoisotopic (exact) mass is 490 g/mol. The minimum atomic E-state index is -0.602. The number of hydrogen-bond acceptors (Lipinski definition) is 6. The van der Waals surface area contributed by atoms with Gasteiger partial charge in [-0.1, -0.05) is 12.1 Å². The summed E-state index contributed by atoms with van der Waals surface area (Å²) in [6, 6.07) is 18.2. The van der Waals surface area contributed by atoms with Crippen LogP contribution in [0.25, 0.3) is 0 Å². The molecule has 3 aromatic rings. The van der Waals surface area contributed by atoms with E-state index in [2.05, 4.69) is 5.32 Å². The molecule has 0 fully saturated rings. The summed E-state index contributed by atoms with van der Waals surface area (Å²) in [7, 11) is 4.70. The minimum Gasteiger partial charge on any atom is -0.497 e. The fraction of sp³-hybridized carbons (Fsp3) is 0.286. The predicted molar refractivity (Wildman–Crippen MR) is 136 cm³/mol. The van der Waals surface area contributed by atoms with Crippen molar-refractivity contribution < 1.29 is 28.5 Å². The van der Waals surface area contributed by atoms with E-state index in [0.717, 1.165) is 16.9 Å². The van der Waals surface area contributed by atoms with Gasteiger partial charge in [0.25, 0.3) is 11.8 Å². The molecular weight excluding hydrogens is 460 g/mol. The molecule has 3 aromatic carbocycles. The Hall–Kier alpha value is -4.20. The quantitative estimate of drug-likeness (QED) is 0.506. The summed E-state index contributed by atoms with van der Waals surface area (Å²) < 4.78 is 21.7. The van der Waals surface area contributed by atoms with Crippen molar-refractivity contribution in [2.24, 2.45) is 0 Å². The molecule has 1 aliphatic heterocycles. The van der Waals surface area contributed by atoms with E-state index in [4.69, 9.17) is 18.9 Å². The summed E-state index contributed by atoms with van der Waals surface area (Å²) in [4.78, 5) is 27.7. The number of nitrogens with one attached hydrogen (secondary N) is 1. The van der Waals surface area contributed by atoms with Crippen molar-refractivity contribution in [1.29, 1.82) is 0 Å². The Kier molecular flexibility index (Phi) is 7.63. The lowest BCUT2D eigenvalue weighted by Crippen LogP contribution is -2.39. The number of benzene rings is 3. The van der Waals surface area contributed by atoms with Crippen LogP contribution in [0.1, 0.15) is 28.4 Å². The number of fused-ring (bicyclic) bond motifs is 1. The topological polar surface area (TPSA) is 86.3 Å². The third-order valence-electron chi connectivity index (χ3n) is 6.12. The summed E-state index contributed by atoms with van der Waals surface area (Å²) in [6.45, 7) is 2.68. The fourth-order valence-electron chi connectivity index (χ4n) is 4.10. The highest BCUT2D eigenvalue weighted by Crippen LogP contribution is 2.30. The predicted octanol–water partition coefficient (Wildman–Crippen LogP) is 4.32. The first-order chi connectivity index (χ1) is 17.4. The maximum atomic E-state index is 13.0. The number of ether oxygens (including phenoxy) is 4. The molecule has 1 atom stereocenters. The first-order valence-corrected chi connectivity index (χ1v) is 11.7. The molecule has 1 heterocycles. The standard InChI is InChI=1S/C28H30N2O6/c1-18-28(32)30(14-13-19-5-9-23(33-2)10-6-19)17-21-15-22(8-12-24(21)36-18)29-27(31)20-7-11-25(34-3)26(16-20)35-4/h5-12,15-16,18H,13-14,17H2,1-4H3,(H,29,31). The lowest BCUT2D eigenvalue weighted by molar-refractivity contribution is -0.137. The summed E-state index contributed by atoms with van der Waals surface area (Å²) in [6.07, 6.45) is 0.0994. The lowest BCUT2D eigenvalue weighted by Gasteiger charge is -2.22. The first kappa shape index (κ1) is 24.9.